The van der Waals surface area contributed by atoms with Gasteiger partial charge in [0.15, 0.2) is 17.4 Å². The number of aromatic nitrogens is 1. The third-order valence-electron chi connectivity index (χ3n) is 4.14. The van der Waals surface area contributed by atoms with E-state index in [4.69, 9.17) is 25.2 Å². The zero-order chi connectivity index (χ0) is 16.2. The summed E-state index contributed by atoms with van der Waals surface area (Å²) in [5.74, 6) is 2.49. The third-order valence-corrected chi connectivity index (χ3v) is 4.65. The molecule has 23 heavy (non-hydrogen) atoms. The van der Waals surface area contributed by atoms with Gasteiger partial charge in [-0.05, 0) is 25.0 Å². The van der Waals surface area contributed by atoms with Gasteiger partial charge in [-0.3, -0.25) is 0 Å². The summed E-state index contributed by atoms with van der Waals surface area (Å²) in [6.07, 6.45) is 7.93. The molecule has 0 aliphatic heterocycles. The van der Waals surface area contributed by atoms with E-state index in [-0.39, 0.29) is 0 Å². The number of rotatable bonds is 5. The zero-order valence-electron chi connectivity index (χ0n) is 13.3. The molecule has 0 unspecified atom stereocenters. The third kappa shape index (κ3) is 3.84. The van der Waals surface area contributed by atoms with Crippen molar-refractivity contribution < 1.29 is 13.6 Å². The van der Waals surface area contributed by atoms with Crippen molar-refractivity contribution in [3.05, 3.63) is 34.8 Å². The summed E-state index contributed by atoms with van der Waals surface area (Å²) in [5, 5.41) is 0.570. The number of nitrogens with zero attached hydrogens (tertiary/aromatic N) is 1. The Hall–Kier alpha value is -1.17. The summed E-state index contributed by atoms with van der Waals surface area (Å²) in [6, 6.07) is 5.45. The second-order valence-electron chi connectivity index (χ2n) is 5.74. The average Bonchev–Trinajstić information content (AvgIpc) is 2.95. The zero-order valence-corrected chi connectivity index (χ0v) is 14.9. The highest BCUT2D eigenvalue weighted by atomic mass is 35.5. The monoisotopic (exact) mass is 353 g/mol. The summed E-state index contributed by atoms with van der Waals surface area (Å²) >= 11 is 7.57. The molecule has 1 fully saturated rings. The van der Waals surface area contributed by atoms with Crippen molar-refractivity contribution in [2.45, 2.75) is 44.9 Å². The van der Waals surface area contributed by atoms with Gasteiger partial charge in [0.1, 0.15) is 0 Å². The van der Waals surface area contributed by atoms with Crippen molar-refractivity contribution in [3.8, 4) is 17.1 Å². The summed E-state index contributed by atoms with van der Waals surface area (Å²) < 4.78 is 10.7. The Balaban J connectivity index is 1.92. The van der Waals surface area contributed by atoms with Crippen LogP contribution in [0.4, 0.5) is 0 Å². The molecule has 4 nitrogen and oxygen atoms in total. The fraction of sp³-hybridized carbons (Fsp3) is 0.471. The second-order valence-corrected chi connectivity index (χ2v) is 6.62. The van der Waals surface area contributed by atoms with Gasteiger partial charge in [0.05, 0.1) is 10.7 Å². The molecule has 2 aromatic rings. The Morgan fingerprint density at radius 2 is 2.04 bits per heavy atom. The fourth-order valence-corrected chi connectivity index (χ4v) is 3.50. The summed E-state index contributed by atoms with van der Waals surface area (Å²) in [7, 11) is 0. The van der Waals surface area contributed by atoms with Crippen LogP contribution in [0.3, 0.4) is 0 Å². The van der Waals surface area contributed by atoms with Gasteiger partial charge in [0, 0.05) is 42.8 Å². The molecule has 1 aromatic heterocycles. The molecule has 1 saturated carbocycles. The van der Waals surface area contributed by atoms with E-state index < -0.39 is 0 Å². The van der Waals surface area contributed by atoms with Gasteiger partial charge in [-0.1, -0.05) is 30.9 Å². The van der Waals surface area contributed by atoms with E-state index in [9.17, 15) is 0 Å². The first kappa shape index (κ1) is 16.7. The van der Waals surface area contributed by atoms with Crippen LogP contribution < -0.4 is 4.89 Å². The van der Waals surface area contributed by atoms with Gasteiger partial charge in [-0.25, -0.2) is 4.98 Å². The van der Waals surface area contributed by atoms with Crippen LogP contribution in [0.5, 0.6) is 5.75 Å². The molecule has 0 N–H and O–H groups in total. The van der Waals surface area contributed by atoms with Crippen LogP contribution in [0.15, 0.2) is 22.6 Å². The quantitative estimate of drug-likeness (QED) is 0.378. The summed E-state index contributed by atoms with van der Waals surface area (Å²) in [5.41, 5.74) is 1.89. The lowest BCUT2D eigenvalue weighted by Gasteiger charge is -2.20. The van der Waals surface area contributed by atoms with E-state index in [1.807, 2.05) is 19.1 Å². The minimum Gasteiger partial charge on any atom is -0.441 e. The molecule has 0 atom stereocenters. The van der Waals surface area contributed by atoms with E-state index in [0.29, 0.717) is 22.6 Å². The van der Waals surface area contributed by atoms with Crippen molar-refractivity contribution in [1.29, 1.82) is 0 Å². The van der Waals surface area contributed by atoms with E-state index in [1.165, 1.54) is 32.1 Å². The van der Waals surface area contributed by atoms with Crippen LogP contribution in [0, 0.1) is 6.92 Å². The van der Waals surface area contributed by atoms with Crippen LogP contribution in [-0.4, -0.2) is 11.2 Å². The first-order chi connectivity index (χ1) is 11.2. The molecule has 3 rings (SSSR count). The first-order valence-corrected chi connectivity index (χ1v) is 9.36. The molecule has 6 heteroatoms. The van der Waals surface area contributed by atoms with E-state index in [1.54, 1.807) is 12.3 Å². The Kier molecular flexibility index (Phi) is 5.51. The Labute approximate surface area is 145 Å². The maximum atomic E-state index is 6.43. The largest absolute Gasteiger partial charge is 0.441 e. The fourth-order valence-electron chi connectivity index (χ4n) is 3.09. The van der Waals surface area contributed by atoms with Crippen molar-refractivity contribution in [1.82, 2.24) is 4.98 Å². The average molecular weight is 354 g/mol. The first-order valence-electron chi connectivity index (χ1n) is 7.83. The number of benzene rings is 1. The van der Waals surface area contributed by atoms with Crippen molar-refractivity contribution in [3.63, 3.8) is 0 Å². The number of aryl methyl sites for hydroxylation is 1. The lowest BCUT2D eigenvalue weighted by molar-refractivity contribution is -0.0770. The van der Waals surface area contributed by atoms with Crippen molar-refractivity contribution in [2.75, 3.05) is 6.26 Å². The SMILES string of the molecule is CSOOc1ccc(-c2oc(C)nc2C2CCCCC2)c(Cl)c1. The molecule has 1 heterocycles. The number of hydrogen-bond acceptors (Lipinski definition) is 5. The molecule has 0 saturated heterocycles. The lowest BCUT2D eigenvalue weighted by Crippen LogP contribution is -2.06. The summed E-state index contributed by atoms with van der Waals surface area (Å²) in [6.45, 7) is 1.88. The highest BCUT2D eigenvalue weighted by Gasteiger charge is 2.25. The maximum absolute atomic E-state index is 6.43. The Morgan fingerprint density at radius 1 is 1.26 bits per heavy atom. The van der Waals surface area contributed by atoms with E-state index >= 15 is 0 Å². The van der Waals surface area contributed by atoms with Crippen LogP contribution in [0.25, 0.3) is 11.3 Å². The highest BCUT2D eigenvalue weighted by Crippen LogP contribution is 2.41. The van der Waals surface area contributed by atoms with Gasteiger partial charge >= 0.3 is 0 Å². The predicted molar refractivity (Wildman–Crippen MR) is 92.7 cm³/mol. The minimum atomic E-state index is 0.461. The molecule has 1 aliphatic carbocycles. The van der Waals surface area contributed by atoms with Crippen LogP contribution >= 0.6 is 23.6 Å². The van der Waals surface area contributed by atoms with Gasteiger partial charge in [-0.2, -0.15) is 0 Å². The number of hydrogen-bond donors (Lipinski definition) is 0. The number of oxazole rings is 1. The lowest BCUT2D eigenvalue weighted by atomic mass is 9.85. The van der Waals surface area contributed by atoms with Gasteiger partial charge in [0.25, 0.3) is 0 Å². The standard InChI is InChI=1S/C17H20ClNO3S/c1-11-19-16(12-6-4-3-5-7-12)17(20-11)14-9-8-13(10-15(14)18)21-22-23-2/h8-10,12H,3-7H2,1-2H3. The van der Waals surface area contributed by atoms with Gasteiger partial charge in [0.2, 0.25) is 0 Å². The van der Waals surface area contributed by atoms with Gasteiger partial charge in [-0.15, -0.1) is 4.33 Å². The molecular weight excluding hydrogens is 334 g/mol. The maximum Gasteiger partial charge on any atom is 0.192 e. The smallest absolute Gasteiger partial charge is 0.192 e. The molecular formula is C17H20ClNO3S. The van der Waals surface area contributed by atoms with Crippen LogP contribution in [-0.2, 0) is 4.33 Å². The van der Waals surface area contributed by atoms with E-state index in [0.717, 1.165) is 29.1 Å². The molecule has 0 bridgehead atoms. The molecule has 1 aromatic carbocycles. The molecule has 124 valence electrons. The molecule has 0 amide bonds. The van der Waals surface area contributed by atoms with Crippen LogP contribution in [0.2, 0.25) is 5.02 Å². The minimum absolute atomic E-state index is 0.461. The molecule has 1 aliphatic rings. The highest BCUT2D eigenvalue weighted by molar-refractivity contribution is 7.93. The Morgan fingerprint density at radius 3 is 2.74 bits per heavy atom. The van der Waals surface area contributed by atoms with Crippen molar-refractivity contribution in [2.24, 2.45) is 0 Å². The molecule has 0 radical (unpaired) electrons. The summed E-state index contributed by atoms with van der Waals surface area (Å²) in [4.78, 5) is 9.75. The van der Waals surface area contributed by atoms with Crippen LogP contribution in [0.1, 0.15) is 49.6 Å². The normalized spacial score (nSPS) is 15.8. The van der Waals surface area contributed by atoms with Gasteiger partial charge < -0.3 is 9.30 Å². The second kappa shape index (κ2) is 7.60. The van der Waals surface area contributed by atoms with Crippen molar-refractivity contribution >= 4 is 23.6 Å². The number of halogens is 1. The Bertz CT molecular complexity index is 668. The van der Waals surface area contributed by atoms with E-state index in [2.05, 4.69) is 4.98 Å². The predicted octanol–water partition coefficient (Wildman–Crippen LogP) is 5.94. The molecule has 0 spiro atoms. The topological polar surface area (TPSA) is 44.5 Å².